The maximum absolute atomic E-state index is 12.1. The van der Waals surface area contributed by atoms with Crippen LogP contribution >= 0.6 is 0 Å². The molecule has 6 nitrogen and oxygen atoms in total. The molecule has 1 unspecified atom stereocenters. The first kappa shape index (κ1) is 16.7. The van der Waals surface area contributed by atoms with Crippen LogP contribution in [0.25, 0.3) is 0 Å². The number of carboxylic acid groups (broad SMARTS) is 1. The average molecular weight is 260 g/mol. The van der Waals surface area contributed by atoms with Crippen molar-refractivity contribution in [1.29, 1.82) is 0 Å². The van der Waals surface area contributed by atoms with E-state index in [1.165, 1.54) is 4.90 Å². The summed E-state index contributed by atoms with van der Waals surface area (Å²) in [6, 6.07) is -0.384. The summed E-state index contributed by atoms with van der Waals surface area (Å²) in [4.78, 5) is 24.2. The van der Waals surface area contributed by atoms with Crippen LogP contribution < -0.4 is 5.32 Å². The van der Waals surface area contributed by atoms with Gasteiger partial charge in [0.2, 0.25) is 0 Å². The zero-order valence-electron chi connectivity index (χ0n) is 11.8. The molecular formula is C12H24N2O4. The summed E-state index contributed by atoms with van der Waals surface area (Å²) in [5.41, 5.74) is -0.424. The molecule has 0 aliphatic carbocycles. The van der Waals surface area contributed by atoms with Gasteiger partial charge in [0.05, 0.1) is 19.1 Å². The smallest absolute Gasteiger partial charge is 0.318 e. The summed E-state index contributed by atoms with van der Waals surface area (Å²) in [6.45, 7) is 8.05. The second-order valence-corrected chi connectivity index (χ2v) is 5.27. The summed E-state index contributed by atoms with van der Waals surface area (Å²) >= 11 is 0. The number of methoxy groups -OCH3 is 1. The van der Waals surface area contributed by atoms with E-state index in [0.29, 0.717) is 6.61 Å². The van der Waals surface area contributed by atoms with Crippen molar-refractivity contribution in [3.05, 3.63) is 0 Å². The summed E-state index contributed by atoms with van der Waals surface area (Å²) in [5, 5.41) is 11.5. The van der Waals surface area contributed by atoms with Gasteiger partial charge in [-0.15, -0.1) is 0 Å². The van der Waals surface area contributed by atoms with Crippen LogP contribution in [0.1, 0.15) is 34.1 Å². The molecule has 0 bridgehead atoms. The maximum atomic E-state index is 12.1. The number of rotatable bonds is 6. The highest BCUT2D eigenvalue weighted by molar-refractivity contribution is 5.76. The van der Waals surface area contributed by atoms with Crippen molar-refractivity contribution >= 4 is 12.0 Å². The molecule has 0 aliphatic rings. The highest BCUT2D eigenvalue weighted by atomic mass is 16.5. The normalized spacial score (nSPS) is 12.9. The fourth-order valence-corrected chi connectivity index (χ4v) is 1.53. The second kappa shape index (κ2) is 7.20. The molecule has 0 aromatic carbocycles. The number of carbonyl (C=O) groups is 2. The Morgan fingerprint density at radius 1 is 1.39 bits per heavy atom. The first-order valence-corrected chi connectivity index (χ1v) is 5.97. The Hall–Kier alpha value is -1.30. The zero-order chi connectivity index (χ0) is 14.3. The molecular weight excluding hydrogens is 236 g/mol. The summed E-state index contributed by atoms with van der Waals surface area (Å²) in [7, 11) is 1.56. The third kappa shape index (κ3) is 6.44. The number of aliphatic carboxylic acids is 1. The lowest BCUT2D eigenvalue weighted by Crippen LogP contribution is -2.53. The molecule has 0 aromatic heterocycles. The van der Waals surface area contributed by atoms with Crippen molar-refractivity contribution < 1.29 is 19.4 Å². The Morgan fingerprint density at radius 3 is 2.33 bits per heavy atom. The molecule has 2 N–H and O–H groups in total. The van der Waals surface area contributed by atoms with Gasteiger partial charge < -0.3 is 20.1 Å². The number of carbonyl (C=O) groups excluding carboxylic acids is 1. The summed E-state index contributed by atoms with van der Waals surface area (Å²) in [6.07, 6.45) is -0.0661. The lowest BCUT2D eigenvalue weighted by atomic mass is 10.1. The zero-order valence-corrected chi connectivity index (χ0v) is 11.8. The van der Waals surface area contributed by atoms with Gasteiger partial charge in [0.15, 0.2) is 0 Å². The molecule has 106 valence electrons. The van der Waals surface area contributed by atoms with Crippen LogP contribution in [-0.4, -0.2) is 53.8 Å². The lowest BCUT2D eigenvalue weighted by Gasteiger charge is -2.36. The minimum atomic E-state index is -0.915. The molecule has 0 fully saturated rings. The van der Waals surface area contributed by atoms with Crippen molar-refractivity contribution in [3.63, 3.8) is 0 Å². The van der Waals surface area contributed by atoms with Gasteiger partial charge in [-0.1, -0.05) is 0 Å². The van der Waals surface area contributed by atoms with Crippen LogP contribution in [0.2, 0.25) is 0 Å². The number of carboxylic acids is 1. The van der Waals surface area contributed by atoms with Gasteiger partial charge in [0.1, 0.15) is 0 Å². The van der Waals surface area contributed by atoms with E-state index in [0.717, 1.165) is 0 Å². The first-order chi connectivity index (χ1) is 8.18. The molecule has 1 atom stereocenters. The molecule has 0 spiro atoms. The standard InChI is InChI=1S/C12H24N2O4/c1-9(8-18-5)13-11(17)14(12(2,3)4)7-6-10(15)16/h9H,6-8H2,1-5H3,(H,13,17)(H,15,16). The topological polar surface area (TPSA) is 78.9 Å². The predicted molar refractivity (Wildman–Crippen MR) is 68.6 cm³/mol. The highest BCUT2D eigenvalue weighted by Crippen LogP contribution is 2.14. The van der Waals surface area contributed by atoms with Crippen molar-refractivity contribution in [2.24, 2.45) is 0 Å². The molecule has 18 heavy (non-hydrogen) atoms. The van der Waals surface area contributed by atoms with Crippen molar-refractivity contribution in [2.45, 2.75) is 45.7 Å². The van der Waals surface area contributed by atoms with Crippen molar-refractivity contribution in [3.8, 4) is 0 Å². The van der Waals surface area contributed by atoms with Gasteiger partial charge in [-0.25, -0.2) is 4.79 Å². The molecule has 0 rings (SSSR count). The second-order valence-electron chi connectivity index (χ2n) is 5.27. The van der Waals surface area contributed by atoms with E-state index in [-0.39, 0.29) is 25.0 Å². The maximum Gasteiger partial charge on any atom is 0.318 e. The van der Waals surface area contributed by atoms with E-state index in [9.17, 15) is 9.59 Å². The molecule has 0 saturated heterocycles. The van der Waals surface area contributed by atoms with E-state index >= 15 is 0 Å². The van der Waals surface area contributed by atoms with E-state index in [1.54, 1.807) is 7.11 Å². The predicted octanol–water partition coefficient (Wildman–Crippen LogP) is 1.31. The Morgan fingerprint density at radius 2 is 1.94 bits per heavy atom. The van der Waals surface area contributed by atoms with Crippen LogP contribution in [0.15, 0.2) is 0 Å². The minimum absolute atomic E-state index is 0.0661. The van der Waals surface area contributed by atoms with Gasteiger partial charge in [0.25, 0.3) is 0 Å². The number of ether oxygens (including phenoxy) is 1. The largest absolute Gasteiger partial charge is 0.481 e. The van der Waals surface area contributed by atoms with Crippen molar-refractivity contribution in [1.82, 2.24) is 10.2 Å². The number of urea groups is 1. The first-order valence-electron chi connectivity index (χ1n) is 5.97. The van der Waals surface area contributed by atoms with E-state index < -0.39 is 11.5 Å². The summed E-state index contributed by atoms with van der Waals surface area (Å²) in [5.74, 6) is -0.915. The lowest BCUT2D eigenvalue weighted by molar-refractivity contribution is -0.137. The van der Waals surface area contributed by atoms with Gasteiger partial charge in [0, 0.05) is 19.2 Å². The number of hydrogen-bond donors (Lipinski definition) is 2. The SMILES string of the molecule is COCC(C)NC(=O)N(CCC(=O)O)C(C)(C)C. The van der Waals surface area contributed by atoms with Crippen LogP contribution in [0.5, 0.6) is 0 Å². The number of nitrogens with zero attached hydrogens (tertiary/aromatic N) is 1. The number of nitrogens with one attached hydrogen (secondary N) is 1. The van der Waals surface area contributed by atoms with Crippen LogP contribution in [0.3, 0.4) is 0 Å². The monoisotopic (exact) mass is 260 g/mol. The third-order valence-corrected chi connectivity index (χ3v) is 2.39. The van der Waals surface area contributed by atoms with E-state index in [4.69, 9.17) is 9.84 Å². The quantitative estimate of drug-likeness (QED) is 0.754. The van der Waals surface area contributed by atoms with Gasteiger partial charge in [-0.2, -0.15) is 0 Å². The summed E-state index contributed by atoms with van der Waals surface area (Å²) < 4.78 is 4.94. The third-order valence-electron chi connectivity index (χ3n) is 2.39. The van der Waals surface area contributed by atoms with E-state index in [2.05, 4.69) is 5.32 Å². The number of amides is 2. The Kier molecular flexibility index (Phi) is 6.68. The Bertz CT molecular complexity index is 286. The van der Waals surface area contributed by atoms with Crippen molar-refractivity contribution in [2.75, 3.05) is 20.3 Å². The Balaban J connectivity index is 4.55. The molecule has 0 heterocycles. The minimum Gasteiger partial charge on any atom is -0.481 e. The molecule has 2 amide bonds. The number of hydrogen-bond acceptors (Lipinski definition) is 3. The van der Waals surface area contributed by atoms with Crippen LogP contribution in [0.4, 0.5) is 4.79 Å². The fraction of sp³-hybridized carbons (Fsp3) is 0.833. The van der Waals surface area contributed by atoms with Crippen LogP contribution in [0, 0.1) is 0 Å². The highest BCUT2D eigenvalue weighted by Gasteiger charge is 2.27. The van der Waals surface area contributed by atoms with Gasteiger partial charge in [-0.05, 0) is 27.7 Å². The Labute approximate surface area is 108 Å². The van der Waals surface area contributed by atoms with Gasteiger partial charge >= 0.3 is 12.0 Å². The molecule has 0 aliphatic heterocycles. The molecule has 0 aromatic rings. The van der Waals surface area contributed by atoms with Crippen LogP contribution in [-0.2, 0) is 9.53 Å². The van der Waals surface area contributed by atoms with Gasteiger partial charge in [-0.3, -0.25) is 4.79 Å². The van der Waals surface area contributed by atoms with E-state index in [1.807, 2.05) is 27.7 Å². The molecule has 6 heteroatoms. The molecule has 0 radical (unpaired) electrons. The fourth-order valence-electron chi connectivity index (χ4n) is 1.53. The average Bonchev–Trinajstić information content (AvgIpc) is 2.14. The molecule has 0 saturated carbocycles.